The van der Waals surface area contributed by atoms with Gasteiger partial charge >= 0.3 is 0 Å². The summed E-state index contributed by atoms with van der Waals surface area (Å²) in [5.74, 6) is 0.548. The number of ketones is 1. The van der Waals surface area contributed by atoms with Crippen molar-refractivity contribution in [2.45, 2.75) is 31.1 Å². The number of carbonyl (C=O) groups excluding carboxylic acids is 1. The highest BCUT2D eigenvalue weighted by atomic mass is 16.5. The quantitative estimate of drug-likeness (QED) is 0.743. The minimum absolute atomic E-state index is 0.273. The third-order valence-electron chi connectivity index (χ3n) is 4.11. The van der Waals surface area contributed by atoms with E-state index in [1.807, 2.05) is 12.1 Å². The lowest BCUT2D eigenvalue weighted by Gasteiger charge is -2.40. The van der Waals surface area contributed by atoms with Crippen molar-refractivity contribution < 1.29 is 14.6 Å². The van der Waals surface area contributed by atoms with Crippen molar-refractivity contribution >= 4 is 5.78 Å². The van der Waals surface area contributed by atoms with E-state index in [1.165, 1.54) is 0 Å². The first kappa shape index (κ1) is 10.8. The SMILES string of the molecule is O=C1CCc2cccc(O)c2C12CCOCC2. The number of carbonyl (C=O) groups is 1. The lowest BCUT2D eigenvalue weighted by Crippen LogP contribution is -2.44. The third kappa shape index (κ3) is 1.49. The molecular weight excluding hydrogens is 216 g/mol. The van der Waals surface area contributed by atoms with Gasteiger partial charge in [-0.05, 0) is 30.9 Å². The minimum Gasteiger partial charge on any atom is -0.508 e. The predicted molar refractivity (Wildman–Crippen MR) is 63.2 cm³/mol. The van der Waals surface area contributed by atoms with Crippen LogP contribution in [-0.2, 0) is 21.4 Å². The number of rotatable bonds is 0. The molecule has 1 fully saturated rings. The fourth-order valence-corrected chi connectivity index (χ4v) is 3.22. The molecule has 1 aromatic rings. The van der Waals surface area contributed by atoms with Gasteiger partial charge in [0.15, 0.2) is 0 Å². The van der Waals surface area contributed by atoms with Crippen LogP contribution < -0.4 is 0 Å². The second kappa shape index (κ2) is 3.84. The Hall–Kier alpha value is -1.35. The first-order chi connectivity index (χ1) is 8.24. The molecule has 1 saturated heterocycles. The van der Waals surface area contributed by atoms with Crippen LogP contribution in [0, 0.1) is 0 Å². The number of aryl methyl sites for hydroxylation is 1. The standard InChI is InChI=1S/C14H16O3/c15-11-3-1-2-10-4-5-12(16)14(13(10)11)6-8-17-9-7-14/h1-3,15H,4-9H2. The van der Waals surface area contributed by atoms with E-state index < -0.39 is 5.41 Å². The zero-order chi connectivity index (χ0) is 11.9. The number of Topliss-reactive ketones (excluding diaryl/α,β-unsaturated/α-hetero) is 1. The average Bonchev–Trinajstić information content (AvgIpc) is 2.35. The maximum absolute atomic E-state index is 12.3. The van der Waals surface area contributed by atoms with Crippen molar-refractivity contribution in [2.24, 2.45) is 0 Å². The average molecular weight is 232 g/mol. The molecule has 0 atom stereocenters. The molecule has 3 rings (SSSR count). The fraction of sp³-hybridized carbons (Fsp3) is 0.500. The highest BCUT2D eigenvalue weighted by molar-refractivity contribution is 5.93. The van der Waals surface area contributed by atoms with Gasteiger partial charge in [0.1, 0.15) is 11.5 Å². The number of hydrogen-bond donors (Lipinski definition) is 1. The highest BCUT2D eigenvalue weighted by Gasteiger charge is 2.46. The lowest BCUT2D eigenvalue weighted by atomic mass is 9.64. The van der Waals surface area contributed by atoms with Crippen LogP contribution in [0.4, 0.5) is 0 Å². The Labute approximate surface area is 100 Å². The Morgan fingerprint density at radius 2 is 1.94 bits per heavy atom. The van der Waals surface area contributed by atoms with Crippen molar-refractivity contribution in [1.29, 1.82) is 0 Å². The maximum Gasteiger partial charge on any atom is 0.144 e. The van der Waals surface area contributed by atoms with Gasteiger partial charge in [-0.2, -0.15) is 0 Å². The number of phenolic OH excluding ortho intramolecular Hbond substituents is 1. The molecular formula is C14H16O3. The summed E-state index contributed by atoms with van der Waals surface area (Å²) in [5, 5.41) is 10.1. The maximum atomic E-state index is 12.3. The molecule has 0 aromatic heterocycles. The fourth-order valence-electron chi connectivity index (χ4n) is 3.22. The van der Waals surface area contributed by atoms with E-state index in [0.29, 0.717) is 32.5 Å². The van der Waals surface area contributed by atoms with Gasteiger partial charge in [0.2, 0.25) is 0 Å². The molecule has 1 heterocycles. The molecule has 1 N–H and O–H groups in total. The van der Waals surface area contributed by atoms with Gasteiger partial charge < -0.3 is 9.84 Å². The van der Waals surface area contributed by atoms with E-state index in [1.54, 1.807) is 6.07 Å². The summed E-state index contributed by atoms with van der Waals surface area (Å²) in [6, 6.07) is 5.57. The van der Waals surface area contributed by atoms with Gasteiger partial charge in [-0.25, -0.2) is 0 Å². The van der Waals surface area contributed by atoms with E-state index in [-0.39, 0.29) is 11.5 Å². The highest BCUT2D eigenvalue weighted by Crippen LogP contribution is 2.45. The Morgan fingerprint density at radius 1 is 1.18 bits per heavy atom. The van der Waals surface area contributed by atoms with Crippen molar-refractivity contribution in [2.75, 3.05) is 13.2 Å². The number of hydrogen-bond acceptors (Lipinski definition) is 3. The Kier molecular flexibility index (Phi) is 2.44. The van der Waals surface area contributed by atoms with Crippen LogP contribution in [0.2, 0.25) is 0 Å². The summed E-state index contributed by atoms with van der Waals surface area (Å²) >= 11 is 0. The minimum atomic E-state index is -0.475. The van der Waals surface area contributed by atoms with Crippen LogP contribution in [0.15, 0.2) is 18.2 Å². The molecule has 2 aliphatic rings. The summed E-state index contributed by atoms with van der Waals surface area (Å²) in [6.07, 6.45) is 2.76. The van der Waals surface area contributed by atoms with Crippen LogP contribution >= 0.6 is 0 Å². The largest absolute Gasteiger partial charge is 0.508 e. The lowest BCUT2D eigenvalue weighted by molar-refractivity contribution is -0.129. The van der Waals surface area contributed by atoms with Gasteiger partial charge in [0.05, 0.1) is 5.41 Å². The second-order valence-corrected chi connectivity index (χ2v) is 4.93. The van der Waals surface area contributed by atoms with Crippen LogP contribution in [0.25, 0.3) is 0 Å². The molecule has 1 spiro atoms. The molecule has 0 unspecified atom stereocenters. The van der Waals surface area contributed by atoms with E-state index in [0.717, 1.165) is 17.5 Å². The molecule has 1 aliphatic carbocycles. The van der Waals surface area contributed by atoms with Gasteiger partial charge in [-0.1, -0.05) is 12.1 Å². The number of benzene rings is 1. The number of phenols is 1. The van der Waals surface area contributed by atoms with Gasteiger partial charge in [0.25, 0.3) is 0 Å². The summed E-state index contributed by atoms with van der Waals surface area (Å²) in [6.45, 7) is 1.22. The normalized spacial score (nSPS) is 22.5. The molecule has 0 saturated carbocycles. The zero-order valence-corrected chi connectivity index (χ0v) is 9.74. The molecule has 0 radical (unpaired) electrons. The summed E-state index contributed by atoms with van der Waals surface area (Å²) in [7, 11) is 0. The summed E-state index contributed by atoms with van der Waals surface area (Å²) < 4.78 is 5.37. The van der Waals surface area contributed by atoms with E-state index >= 15 is 0 Å². The van der Waals surface area contributed by atoms with Crippen LogP contribution in [0.3, 0.4) is 0 Å². The van der Waals surface area contributed by atoms with Gasteiger partial charge in [-0.3, -0.25) is 4.79 Å². The van der Waals surface area contributed by atoms with Crippen LogP contribution in [0.1, 0.15) is 30.4 Å². The van der Waals surface area contributed by atoms with Crippen molar-refractivity contribution in [1.82, 2.24) is 0 Å². The molecule has 90 valence electrons. The van der Waals surface area contributed by atoms with Crippen molar-refractivity contribution in [3.63, 3.8) is 0 Å². The predicted octanol–water partition coefficient (Wildman–Crippen LogP) is 1.96. The molecule has 3 heteroatoms. The zero-order valence-electron chi connectivity index (χ0n) is 9.74. The number of fused-ring (bicyclic) bond motifs is 2. The molecule has 0 bridgehead atoms. The van der Waals surface area contributed by atoms with Crippen molar-refractivity contribution in [3.8, 4) is 5.75 Å². The summed E-state index contributed by atoms with van der Waals surface area (Å²) in [5.41, 5.74) is 1.53. The van der Waals surface area contributed by atoms with E-state index in [9.17, 15) is 9.90 Å². The molecule has 3 nitrogen and oxygen atoms in total. The first-order valence-corrected chi connectivity index (χ1v) is 6.16. The second-order valence-electron chi connectivity index (χ2n) is 4.93. The van der Waals surface area contributed by atoms with E-state index in [2.05, 4.69) is 0 Å². The van der Waals surface area contributed by atoms with Crippen LogP contribution in [0.5, 0.6) is 5.75 Å². The van der Waals surface area contributed by atoms with Crippen LogP contribution in [-0.4, -0.2) is 24.1 Å². The molecule has 1 aromatic carbocycles. The Morgan fingerprint density at radius 3 is 2.71 bits per heavy atom. The van der Waals surface area contributed by atoms with Crippen molar-refractivity contribution in [3.05, 3.63) is 29.3 Å². The monoisotopic (exact) mass is 232 g/mol. The third-order valence-corrected chi connectivity index (χ3v) is 4.11. The first-order valence-electron chi connectivity index (χ1n) is 6.16. The summed E-state index contributed by atoms with van der Waals surface area (Å²) in [4.78, 5) is 12.3. The number of ether oxygens (including phenoxy) is 1. The Balaban J connectivity index is 2.18. The molecule has 17 heavy (non-hydrogen) atoms. The Bertz CT molecular complexity index is 459. The molecule has 1 aliphatic heterocycles. The smallest absolute Gasteiger partial charge is 0.144 e. The van der Waals surface area contributed by atoms with Gasteiger partial charge in [-0.15, -0.1) is 0 Å². The number of aromatic hydroxyl groups is 1. The topological polar surface area (TPSA) is 46.5 Å². The molecule has 0 amide bonds. The van der Waals surface area contributed by atoms with E-state index in [4.69, 9.17) is 4.74 Å². The van der Waals surface area contributed by atoms with Gasteiger partial charge in [0, 0.05) is 25.2 Å².